The van der Waals surface area contributed by atoms with E-state index < -0.39 is 12.3 Å². The molecule has 3 aliphatic heterocycles. The van der Waals surface area contributed by atoms with Crippen LogP contribution in [0.4, 0.5) is 11.4 Å². The van der Waals surface area contributed by atoms with Crippen molar-refractivity contribution in [1.29, 1.82) is 0 Å². The molecule has 0 saturated carbocycles. The third kappa shape index (κ3) is 9.52. The lowest BCUT2D eigenvalue weighted by Crippen LogP contribution is -2.54. The van der Waals surface area contributed by atoms with Gasteiger partial charge in [-0.1, -0.05) is 255 Å². The molecule has 1 saturated heterocycles. The molecule has 17 rings (SSSR count). The van der Waals surface area contributed by atoms with Crippen LogP contribution >= 0.6 is 0 Å². The monoisotopic (exact) mass is 1160 g/mol. The van der Waals surface area contributed by atoms with Gasteiger partial charge in [0.05, 0.1) is 41.7 Å². The Balaban J connectivity index is 0.931. The first-order chi connectivity index (χ1) is 44.6. The highest BCUT2D eigenvalue weighted by atomic mass is 15.4. The quantitative estimate of drug-likeness (QED) is 0.104. The first-order valence-electron chi connectivity index (χ1n) is 31.5. The van der Waals surface area contributed by atoms with Gasteiger partial charge in [0, 0.05) is 50.1 Å². The Morgan fingerprint density at radius 1 is 0.422 bits per heavy atom. The number of amidine groups is 2. The van der Waals surface area contributed by atoms with Gasteiger partial charge in [-0.15, -0.1) is 0 Å². The second-order valence-corrected chi connectivity index (χ2v) is 24.0. The lowest BCUT2D eigenvalue weighted by Gasteiger charge is -2.41. The van der Waals surface area contributed by atoms with Gasteiger partial charge in [-0.25, -0.2) is 9.98 Å². The molecule has 6 atom stereocenters. The summed E-state index contributed by atoms with van der Waals surface area (Å²) in [5, 5.41) is 20.0. The summed E-state index contributed by atoms with van der Waals surface area (Å²) in [6.07, 6.45) is 9.77. The van der Waals surface area contributed by atoms with E-state index in [1.54, 1.807) is 0 Å². The smallest absolute Gasteiger partial charge is 0.159 e. The first-order valence-corrected chi connectivity index (χ1v) is 31.5. The molecule has 12 aromatic rings. The highest BCUT2D eigenvalue weighted by molar-refractivity contribution is 6.14. The summed E-state index contributed by atoms with van der Waals surface area (Å²) in [5.41, 5.74) is 21.9. The molecule has 0 radical (unpaired) electrons. The number of nitrogens with zero attached hydrogens (tertiary/aromatic N) is 4. The van der Waals surface area contributed by atoms with E-state index in [0.717, 1.165) is 74.7 Å². The van der Waals surface area contributed by atoms with Crippen molar-refractivity contribution in [2.75, 3.05) is 4.90 Å². The zero-order valence-electron chi connectivity index (χ0n) is 49.5. The summed E-state index contributed by atoms with van der Waals surface area (Å²) >= 11 is 0. The number of aliphatic imine (C=N–C) groups is 2. The maximum absolute atomic E-state index is 5.54. The van der Waals surface area contributed by atoms with Gasteiger partial charge in [-0.05, 0) is 122 Å². The zero-order valence-corrected chi connectivity index (χ0v) is 49.5. The van der Waals surface area contributed by atoms with Gasteiger partial charge in [0.1, 0.15) is 12.0 Å². The maximum atomic E-state index is 5.54. The Hall–Kier alpha value is -10.7. The van der Waals surface area contributed by atoms with Crippen LogP contribution in [0.15, 0.2) is 313 Å². The number of benzene rings is 11. The fourth-order valence-electron chi connectivity index (χ4n) is 14.6. The van der Waals surface area contributed by atoms with Crippen molar-refractivity contribution < 1.29 is 0 Å². The van der Waals surface area contributed by atoms with Gasteiger partial charge in [0.15, 0.2) is 5.84 Å². The van der Waals surface area contributed by atoms with Crippen molar-refractivity contribution in [3.63, 3.8) is 0 Å². The largest absolute Gasteiger partial charge is 0.344 e. The molecule has 1 aromatic heterocycles. The van der Waals surface area contributed by atoms with Gasteiger partial charge in [-0.2, -0.15) is 0 Å². The van der Waals surface area contributed by atoms with E-state index in [2.05, 4.69) is 334 Å². The number of anilines is 2. The van der Waals surface area contributed by atoms with E-state index in [1.165, 1.54) is 72.2 Å². The predicted molar refractivity (Wildman–Crippen MR) is 370 cm³/mol. The summed E-state index contributed by atoms with van der Waals surface area (Å²) in [6.45, 7) is 0. The van der Waals surface area contributed by atoms with Crippen molar-refractivity contribution in [3.05, 3.63) is 353 Å². The Kier molecular flexibility index (Phi) is 13.5. The van der Waals surface area contributed by atoms with E-state index in [0.29, 0.717) is 0 Å². The molecule has 8 nitrogen and oxygen atoms in total. The summed E-state index contributed by atoms with van der Waals surface area (Å²) < 4.78 is 2.64. The molecule has 8 heteroatoms. The lowest BCUT2D eigenvalue weighted by molar-refractivity contribution is 0.203. The Bertz CT molecular complexity index is 4870. The molecule has 4 N–H and O–H groups in total. The maximum Gasteiger partial charge on any atom is 0.159 e. The van der Waals surface area contributed by atoms with Crippen molar-refractivity contribution in [2.24, 2.45) is 9.98 Å². The molecule has 0 bridgehead atoms. The minimum atomic E-state index is -0.470. The number of fused-ring (bicyclic) bond motifs is 8. The highest BCUT2D eigenvalue weighted by Gasteiger charge is 2.48. The highest BCUT2D eigenvalue weighted by Crippen LogP contribution is 2.58. The van der Waals surface area contributed by atoms with Crippen LogP contribution in [0.3, 0.4) is 0 Å². The number of para-hydroxylation sites is 1. The Morgan fingerprint density at radius 2 is 1.03 bits per heavy atom. The van der Waals surface area contributed by atoms with Crippen LogP contribution in [0, 0.1) is 0 Å². The number of hydrogen-bond donors (Lipinski definition) is 4. The molecule has 5 aliphatic rings. The van der Waals surface area contributed by atoms with E-state index in [-0.39, 0.29) is 24.3 Å². The second kappa shape index (κ2) is 22.8. The van der Waals surface area contributed by atoms with E-state index in [4.69, 9.17) is 9.98 Å². The van der Waals surface area contributed by atoms with Crippen LogP contribution in [0.5, 0.6) is 0 Å². The number of rotatable bonds is 11. The van der Waals surface area contributed by atoms with Crippen molar-refractivity contribution in [2.45, 2.75) is 49.5 Å². The molecular formula is C82H64N8. The van der Waals surface area contributed by atoms with Gasteiger partial charge >= 0.3 is 0 Å². The Labute approximate surface area is 524 Å². The van der Waals surface area contributed by atoms with Crippen LogP contribution in [-0.4, -0.2) is 22.3 Å². The summed E-state index contributed by atoms with van der Waals surface area (Å²) in [4.78, 5) is 13.5. The molecule has 432 valence electrons. The third-order valence-corrected chi connectivity index (χ3v) is 18.7. The van der Waals surface area contributed by atoms with E-state index >= 15 is 0 Å². The van der Waals surface area contributed by atoms with Crippen LogP contribution < -0.4 is 26.2 Å². The van der Waals surface area contributed by atoms with Crippen LogP contribution in [-0.2, 0) is 0 Å². The van der Waals surface area contributed by atoms with Gasteiger partial charge in [0.25, 0.3) is 0 Å². The number of aromatic nitrogens is 1. The topological polar surface area (TPSA) is 81.0 Å². The van der Waals surface area contributed by atoms with Gasteiger partial charge in [-0.3, -0.25) is 16.0 Å². The van der Waals surface area contributed by atoms with E-state index in [9.17, 15) is 0 Å². The number of hydrogen-bond acceptors (Lipinski definition) is 7. The summed E-state index contributed by atoms with van der Waals surface area (Å²) in [7, 11) is 0. The average molecular weight is 1160 g/mol. The molecule has 11 aromatic carbocycles. The van der Waals surface area contributed by atoms with Crippen molar-refractivity contribution in [3.8, 4) is 27.9 Å². The summed E-state index contributed by atoms with van der Waals surface area (Å²) in [5.74, 6) is 1.39. The molecule has 6 unspecified atom stereocenters. The van der Waals surface area contributed by atoms with Gasteiger partial charge in [0.2, 0.25) is 0 Å². The summed E-state index contributed by atoms with van der Waals surface area (Å²) in [6, 6.07) is 102. The third-order valence-electron chi connectivity index (χ3n) is 18.7. The number of allylic oxidation sites excluding steroid dienone is 2. The number of nitrogens with one attached hydrogen (secondary N) is 4. The van der Waals surface area contributed by atoms with Crippen molar-refractivity contribution in [1.82, 2.24) is 25.8 Å². The molecule has 2 aliphatic carbocycles. The normalized spacial score (nSPS) is 20.1. The molecule has 0 amide bonds. The molecule has 0 spiro atoms. The first kappa shape index (κ1) is 53.5. The average Bonchev–Trinajstić information content (AvgIpc) is 1.53. The second-order valence-electron chi connectivity index (χ2n) is 24.0. The molecule has 90 heavy (non-hydrogen) atoms. The van der Waals surface area contributed by atoms with Crippen LogP contribution in [0.1, 0.15) is 93.6 Å². The van der Waals surface area contributed by atoms with Crippen LogP contribution in [0.25, 0.3) is 61.3 Å². The fourth-order valence-corrected chi connectivity index (χ4v) is 14.6. The molecular weight excluding hydrogens is 1100 g/mol. The lowest BCUT2D eigenvalue weighted by atomic mass is 9.78. The zero-order chi connectivity index (χ0) is 59.5. The molecule has 4 heterocycles. The van der Waals surface area contributed by atoms with E-state index in [1.807, 2.05) is 0 Å². The Morgan fingerprint density at radius 3 is 1.79 bits per heavy atom. The van der Waals surface area contributed by atoms with Crippen molar-refractivity contribution >= 4 is 56.4 Å². The predicted octanol–water partition coefficient (Wildman–Crippen LogP) is 18.2. The van der Waals surface area contributed by atoms with Gasteiger partial charge < -0.3 is 14.8 Å². The minimum absolute atomic E-state index is 0.122. The molecule has 1 fully saturated rings. The minimum Gasteiger partial charge on any atom is -0.344 e. The SMILES string of the molecule is C1=CC(C2=NC(c3ccc(-n4c5c(c6cc(-c7ccccc7)ccc64)C=C(c4ccccc4)C4C5c5ccccc5N4c4cccc5ccccc45)c(C4NC(c5ccccc5)NC(c5cccc(-c6ccccc6)c5)N4)c3)NC(c3ccccc3)=N2)=CCC1. The van der Waals surface area contributed by atoms with Crippen LogP contribution in [0.2, 0.25) is 0 Å². The standard InChI is InChI=1S/C82H64N8/c1-7-25-53(26-8-1)60-39-23-40-62(49-60)80-86-79(59-36-17-6-18-37-59)87-82(88-80)69-51-63(81-84-77(57-32-13-4-14-33-57)83-78(85-81)58-34-15-5-16-35-58)46-48-73(69)90-72-47-45-61(54-27-9-2-10-28-54)50-67(72)68-52-66(56-29-11-3-12-30-56)75-74(76(68)90)65-42-21-22-43-71(65)89(75)70-44-24-38-55-31-19-20-41-64(55)70/h1-4,6-15,17-52,74-75,79-82,86-88H,5,16H2,(H,83,84,85). The fraction of sp³-hybridized carbons (Fsp3) is 0.0976.